The van der Waals surface area contributed by atoms with Gasteiger partial charge < -0.3 is 4.74 Å². The Labute approximate surface area is 88.5 Å². The predicted octanol–water partition coefficient (Wildman–Crippen LogP) is 3.65. The van der Waals surface area contributed by atoms with Crippen molar-refractivity contribution in [2.24, 2.45) is 17.8 Å². The standard InChI is InChI=1S/C13H24O/c1-6-10(2)11(3)12(4)13(5)8-7-9-14-13/h7-8,10-12H,6,9H2,1-5H3/t10-,11?,12-,13-/m1/s1. The highest BCUT2D eigenvalue weighted by Gasteiger charge is 2.36. The van der Waals surface area contributed by atoms with Gasteiger partial charge in [-0.2, -0.15) is 0 Å². The highest BCUT2D eigenvalue weighted by Crippen LogP contribution is 2.36. The SMILES string of the molecule is CC[C@@H](C)C(C)[C@@H](C)[C@@]1(C)C=CCO1. The topological polar surface area (TPSA) is 9.23 Å². The molecular weight excluding hydrogens is 172 g/mol. The van der Waals surface area contributed by atoms with E-state index in [1.807, 2.05) is 0 Å². The molecule has 1 aliphatic heterocycles. The minimum atomic E-state index is -0.0250. The third kappa shape index (κ3) is 2.20. The van der Waals surface area contributed by atoms with Gasteiger partial charge in [0.2, 0.25) is 0 Å². The molecule has 0 aromatic rings. The van der Waals surface area contributed by atoms with Gasteiger partial charge in [0.05, 0.1) is 12.2 Å². The zero-order valence-corrected chi connectivity index (χ0v) is 10.2. The van der Waals surface area contributed by atoms with Crippen LogP contribution in [0.1, 0.15) is 41.0 Å². The molecule has 4 atom stereocenters. The summed E-state index contributed by atoms with van der Waals surface area (Å²) >= 11 is 0. The van der Waals surface area contributed by atoms with Crippen molar-refractivity contribution in [1.29, 1.82) is 0 Å². The minimum Gasteiger partial charge on any atom is -0.367 e. The van der Waals surface area contributed by atoms with Crippen molar-refractivity contribution in [2.75, 3.05) is 6.61 Å². The molecule has 0 spiro atoms. The van der Waals surface area contributed by atoms with Crippen LogP contribution in [-0.4, -0.2) is 12.2 Å². The third-order valence-corrected chi connectivity index (χ3v) is 4.17. The number of hydrogen-bond acceptors (Lipinski definition) is 1. The summed E-state index contributed by atoms with van der Waals surface area (Å²) in [6, 6.07) is 0. The molecule has 0 saturated heterocycles. The lowest BCUT2D eigenvalue weighted by Crippen LogP contribution is -2.37. The van der Waals surface area contributed by atoms with Crippen LogP contribution in [0.15, 0.2) is 12.2 Å². The first-order chi connectivity index (χ1) is 6.51. The number of rotatable bonds is 4. The Balaban J connectivity index is 2.63. The van der Waals surface area contributed by atoms with Crippen LogP contribution in [0.4, 0.5) is 0 Å². The average Bonchev–Trinajstić information content (AvgIpc) is 2.63. The Hall–Kier alpha value is -0.300. The molecular formula is C13H24O. The van der Waals surface area contributed by atoms with E-state index >= 15 is 0 Å². The Bertz CT molecular complexity index is 209. The average molecular weight is 196 g/mol. The summed E-state index contributed by atoms with van der Waals surface area (Å²) in [5.41, 5.74) is -0.0250. The summed E-state index contributed by atoms with van der Waals surface area (Å²) in [6.45, 7) is 12.3. The molecule has 0 aromatic heterocycles. The fraction of sp³-hybridized carbons (Fsp3) is 0.846. The first-order valence-electron chi connectivity index (χ1n) is 5.83. The Kier molecular flexibility index (Phi) is 3.77. The van der Waals surface area contributed by atoms with Gasteiger partial charge in [-0.3, -0.25) is 0 Å². The van der Waals surface area contributed by atoms with E-state index in [-0.39, 0.29) is 5.60 Å². The second-order valence-electron chi connectivity index (χ2n) is 4.93. The van der Waals surface area contributed by atoms with Crippen LogP contribution >= 0.6 is 0 Å². The highest BCUT2D eigenvalue weighted by atomic mass is 16.5. The third-order valence-electron chi connectivity index (χ3n) is 4.17. The van der Waals surface area contributed by atoms with Gasteiger partial charge in [0.15, 0.2) is 0 Å². The summed E-state index contributed by atoms with van der Waals surface area (Å²) in [6.07, 6.45) is 5.63. The van der Waals surface area contributed by atoms with Gasteiger partial charge in [-0.05, 0) is 24.7 Å². The lowest BCUT2D eigenvalue weighted by Gasteiger charge is -2.36. The van der Waals surface area contributed by atoms with Crippen molar-refractivity contribution in [3.8, 4) is 0 Å². The molecule has 82 valence electrons. The van der Waals surface area contributed by atoms with Crippen molar-refractivity contribution in [2.45, 2.75) is 46.6 Å². The Morgan fingerprint density at radius 2 is 2.00 bits per heavy atom. The van der Waals surface area contributed by atoms with Gasteiger partial charge in [0.1, 0.15) is 0 Å². The van der Waals surface area contributed by atoms with Crippen LogP contribution in [0, 0.1) is 17.8 Å². The zero-order valence-electron chi connectivity index (χ0n) is 10.2. The Morgan fingerprint density at radius 1 is 1.36 bits per heavy atom. The van der Waals surface area contributed by atoms with Gasteiger partial charge in [-0.15, -0.1) is 0 Å². The maximum atomic E-state index is 5.81. The monoisotopic (exact) mass is 196 g/mol. The predicted molar refractivity (Wildman–Crippen MR) is 61.3 cm³/mol. The van der Waals surface area contributed by atoms with Gasteiger partial charge in [-0.1, -0.05) is 46.3 Å². The molecule has 1 heterocycles. The van der Waals surface area contributed by atoms with Crippen LogP contribution in [0.2, 0.25) is 0 Å². The van der Waals surface area contributed by atoms with Crippen molar-refractivity contribution in [1.82, 2.24) is 0 Å². The van der Waals surface area contributed by atoms with Gasteiger partial charge >= 0.3 is 0 Å². The number of ether oxygens (including phenoxy) is 1. The molecule has 0 aliphatic carbocycles. The van der Waals surface area contributed by atoms with E-state index in [0.717, 1.165) is 12.5 Å². The molecule has 1 rings (SSSR count). The largest absolute Gasteiger partial charge is 0.367 e. The number of hydrogen-bond donors (Lipinski definition) is 0. The van der Waals surface area contributed by atoms with E-state index in [2.05, 4.69) is 46.8 Å². The first-order valence-corrected chi connectivity index (χ1v) is 5.83. The van der Waals surface area contributed by atoms with Crippen molar-refractivity contribution in [3.05, 3.63) is 12.2 Å². The van der Waals surface area contributed by atoms with Crippen LogP contribution in [0.5, 0.6) is 0 Å². The molecule has 0 N–H and O–H groups in total. The molecule has 0 amide bonds. The molecule has 0 aromatic carbocycles. The van der Waals surface area contributed by atoms with E-state index in [0.29, 0.717) is 11.8 Å². The summed E-state index contributed by atoms with van der Waals surface area (Å²) in [4.78, 5) is 0. The van der Waals surface area contributed by atoms with Crippen LogP contribution < -0.4 is 0 Å². The highest BCUT2D eigenvalue weighted by molar-refractivity contribution is 5.08. The normalized spacial score (nSPS) is 32.9. The van der Waals surface area contributed by atoms with Gasteiger partial charge in [-0.25, -0.2) is 0 Å². The maximum absolute atomic E-state index is 5.81. The van der Waals surface area contributed by atoms with E-state index in [9.17, 15) is 0 Å². The van der Waals surface area contributed by atoms with E-state index < -0.39 is 0 Å². The molecule has 0 bridgehead atoms. The van der Waals surface area contributed by atoms with Gasteiger partial charge in [0.25, 0.3) is 0 Å². The molecule has 1 unspecified atom stereocenters. The van der Waals surface area contributed by atoms with Gasteiger partial charge in [0, 0.05) is 0 Å². The molecule has 0 radical (unpaired) electrons. The second-order valence-corrected chi connectivity index (χ2v) is 4.93. The maximum Gasteiger partial charge on any atom is 0.0867 e. The second kappa shape index (κ2) is 4.48. The smallest absolute Gasteiger partial charge is 0.0867 e. The Morgan fingerprint density at radius 3 is 2.43 bits per heavy atom. The zero-order chi connectivity index (χ0) is 10.8. The van der Waals surface area contributed by atoms with E-state index in [1.165, 1.54) is 6.42 Å². The molecule has 0 saturated carbocycles. The molecule has 0 fully saturated rings. The van der Waals surface area contributed by atoms with Crippen LogP contribution in [-0.2, 0) is 4.74 Å². The lowest BCUT2D eigenvalue weighted by atomic mass is 9.75. The quantitative estimate of drug-likeness (QED) is 0.624. The van der Waals surface area contributed by atoms with Crippen molar-refractivity contribution in [3.63, 3.8) is 0 Å². The molecule has 1 nitrogen and oxygen atoms in total. The van der Waals surface area contributed by atoms with E-state index in [1.54, 1.807) is 0 Å². The summed E-state index contributed by atoms with van der Waals surface area (Å²) in [5, 5.41) is 0. The van der Waals surface area contributed by atoms with Crippen LogP contribution in [0.3, 0.4) is 0 Å². The fourth-order valence-electron chi connectivity index (χ4n) is 2.23. The lowest BCUT2D eigenvalue weighted by molar-refractivity contribution is -0.0273. The summed E-state index contributed by atoms with van der Waals surface area (Å²) in [7, 11) is 0. The summed E-state index contributed by atoms with van der Waals surface area (Å²) in [5.74, 6) is 2.09. The first kappa shape index (κ1) is 11.8. The molecule has 1 aliphatic rings. The molecule has 14 heavy (non-hydrogen) atoms. The van der Waals surface area contributed by atoms with Crippen molar-refractivity contribution < 1.29 is 4.74 Å². The molecule has 1 heteroatoms. The van der Waals surface area contributed by atoms with Crippen LogP contribution in [0.25, 0.3) is 0 Å². The minimum absolute atomic E-state index is 0.0250. The van der Waals surface area contributed by atoms with Crippen molar-refractivity contribution >= 4 is 0 Å². The van der Waals surface area contributed by atoms with E-state index in [4.69, 9.17) is 4.74 Å². The summed E-state index contributed by atoms with van der Waals surface area (Å²) < 4.78 is 5.81. The fourth-order valence-corrected chi connectivity index (χ4v) is 2.23.